The lowest BCUT2D eigenvalue weighted by Gasteiger charge is -2.01. The van der Waals surface area contributed by atoms with Crippen LogP contribution in [0.1, 0.15) is 10.7 Å². The average molecular weight is 295 g/mol. The summed E-state index contributed by atoms with van der Waals surface area (Å²) in [4.78, 5) is 12.0. The van der Waals surface area contributed by atoms with Gasteiger partial charge in [-0.05, 0) is 30.3 Å². The number of hydrogen-bond acceptors (Lipinski definition) is 5. The zero-order valence-corrected chi connectivity index (χ0v) is 11.8. The molecule has 1 amide bonds. The Bertz CT molecular complexity index is 784. The fourth-order valence-corrected chi connectivity index (χ4v) is 1.89. The van der Waals surface area contributed by atoms with Gasteiger partial charge in [0.25, 0.3) is 0 Å². The molecule has 0 aliphatic heterocycles. The van der Waals surface area contributed by atoms with Gasteiger partial charge in [-0.15, -0.1) is 10.2 Å². The Hall–Kier alpha value is -3.15. The first kappa shape index (κ1) is 13.8. The first-order valence-electron chi connectivity index (χ1n) is 6.60. The Morgan fingerprint density at radius 2 is 1.91 bits per heavy atom. The standard InChI is InChI=1S/C16H13N3O3/c1-21-13-9-5-6-11(10-13)15-18-19-16(22-15)14(20)17-12-7-3-2-4-8-12/h2-10H,1H3,(H,17,20). The second kappa shape index (κ2) is 6.09. The molecule has 6 heteroatoms. The van der Waals surface area contributed by atoms with Crippen LogP contribution in [0, 0.1) is 0 Å². The number of anilines is 1. The van der Waals surface area contributed by atoms with Gasteiger partial charge in [0, 0.05) is 11.3 Å². The molecule has 3 rings (SSSR count). The number of amides is 1. The maximum Gasteiger partial charge on any atom is 0.313 e. The quantitative estimate of drug-likeness (QED) is 0.800. The Kier molecular flexibility index (Phi) is 3.82. The number of ether oxygens (including phenoxy) is 1. The molecule has 6 nitrogen and oxygen atoms in total. The van der Waals surface area contributed by atoms with Crippen LogP contribution in [-0.4, -0.2) is 23.2 Å². The number of para-hydroxylation sites is 1. The van der Waals surface area contributed by atoms with E-state index >= 15 is 0 Å². The predicted molar refractivity (Wildman–Crippen MR) is 80.7 cm³/mol. The summed E-state index contributed by atoms with van der Waals surface area (Å²) in [6, 6.07) is 16.2. The van der Waals surface area contributed by atoms with Crippen LogP contribution < -0.4 is 10.1 Å². The van der Waals surface area contributed by atoms with E-state index in [0.717, 1.165) is 0 Å². The minimum atomic E-state index is -0.451. The first-order chi connectivity index (χ1) is 10.8. The molecule has 2 aromatic carbocycles. The van der Waals surface area contributed by atoms with Crippen LogP contribution in [0.15, 0.2) is 59.0 Å². The van der Waals surface area contributed by atoms with Crippen LogP contribution in [0.3, 0.4) is 0 Å². The molecule has 0 saturated carbocycles. The lowest BCUT2D eigenvalue weighted by Crippen LogP contribution is -2.12. The fraction of sp³-hybridized carbons (Fsp3) is 0.0625. The van der Waals surface area contributed by atoms with Gasteiger partial charge in [-0.2, -0.15) is 0 Å². The zero-order chi connectivity index (χ0) is 15.4. The molecule has 1 N–H and O–H groups in total. The SMILES string of the molecule is COc1cccc(-c2nnc(C(=O)Nc3ccccc3)o2)c1. The largest absolute Gasteiger partial charge is 0.497 e. The molecule has 0 saturated heterocycles. The molecule has 1 aromatic heterocycles. The molecule has 110 valence electrons. The van der Waals surface area contributed by atoms with E-state index in [1.807, 2.05) is 30.3 Å². The molecule has 0 atom stereocenters. The highest BCUT2D eigenvalue weighted by Crippen LogP contribution is 2.22. The number of nitrogens with zero attached hydrogens (tertiary/aromatic N) is 2. The molecule has 0 bridgehead atoms. The summed E-state index contributed by atoms with van der Waals surface area (Å²) in [5.74, 6) is 0.387. The van der Waals surface area contributed by atoms with Crippen molar-refractivity contribution in [3.8, 4) is 17.2 Å². The van der Waals surface area contributed by atoms with E-state index in [-0.39, 0.29) is 11.8 Å². The predicted octanol–water partition coefficient (Wildman–Crippen LogP) is 3.00. The van der Waals surface area contributed by atoms with Crippen LogP contribution in [0.25, 0.3) is 11.5 Å². The second-order valence-corrected chi connectivity index (χ2v) is 4.46. The summed E-state index contributed by atoms with van der Waals surface area (Å²) in [7, 11) is 1.58. The molecule has 0 spiro atoms. The average Bonchev–Trinajstić information content (AvgIpc) is 3.06. The highest BCUT2D eigenvalue weighted by Gasteiger charge is 2.16. The normalized spacial score (nSPS) is 10.2. The number of benzene rings is 2. The summed E-state index contributed by atoms with van der Waals surface area (Å²) in [5, 5.41) is 10.4. The molecule has 0 radical (unpaired) electrons. The van der Waals surface area contributed by atoms with Gasteiger partial charge >= 0.3 is 11.8 Å². The van der Waals surface area contributed by atoms with E-state index in [1.54, 1.807) is 31.4 Å². The maximum atomic E-state index is 12.0. The number of carbonyl (C=O) groups excluding carboxylic acids is 1. The Balaban J connectivity index is 1.79. The van der Waals surface area contributed by atoms with Crippen molar-refractivity contribution in [1.82, 2.24) is 10.2 Å². The summed E-state index contributed by atoms with van der Waals surface area (Å²) in [6.45, 7) is 0. The number of rotatable bonds is 4. The summed E-state index contributed by atoms with van der Waals surface area (Å²) < 4.78 is 10.6. The zero-order valence-electron chi connectivity index (χ0n) is 11.8. The molecule has 0 unspecified atom stereocenters. The number of carbonyl (C=O) groups is 1. The lowest BCUT2D eigenvalue weighted by molar-refractivity contribution is 0.0991. The molecule has 0 fully saturated rings. The highest BCUT2D eigenvalue weighted by atomic mass is 16.5. The lowest BCUT2D eigenvalue weighted by atomic mass is 10.2. The third-order valence-corrected chi connectivity index (χ3v) is 2.97. The summed E-state index contributed by atoms with van der Waals surface area (Å²) in [6.07, 6.45) is 0. The van der Waals surface area contributed by atoms with Crippen molar-refractivity contribution in [2.45, 2.75) is 0 Å². The van der Waals surface area contributed by atoms with Crippen molar-refractivity contribution in [2.75, 3.05) is 12.4 Å². The van der Waals surface area contributed by atoms with Gasteiger partial charge in [-0.1, -0.05) is 24.3 Å². The topological polar surface area (TPSA) is 77.2 Å². The van der Waals surface area contributed by atoms with Gasteiger partial charge in [0.1, 0.15) is 5.75 Å². The molecule has 3 aromatic rings. The van der Waals surface area contributed by atoms with Gasteiger partial charge < -0.3 is 14.5 Å². The molecular weight excluding hydrogens is 282 g/mol. The van der Waals surface area contributed by atoms with Crippen molar-refractivity contribution in [2.24, 2.45) is 0 Å². The number of aromatic nitrogens is 2. The van der Waals surface area contributed by atoms with Crippen molar-refractivity contribution >= 4 is 11.6 Å². The van der Waals surface area contributed by atoms with Crippen LogP contribution in [0.5, 0.6) is 5.75 Å². The van der Waals surface area contributed by atoms with E-state index in [4.69, 9.17) is 9.15 Å². The van der Waals surface area contributed by atoms with E-state index in [9.17, 15) is 4.79 Å². The molecule has 1 heterocycles. The molecule has 0 aliphatic carbocycles. The highest BCUT2D eigenvalue weighted by molar-refractivity contribution is 6.00. The Labute approximate surface area is 126 Å². The summed E-state index contributed by atoms with van der Waals surface area (Å²) >= 11 is 0. The molecular formula is C16H13N3O3. The number of methoxy groups -OCH3 is 1. The van der Waals surface area contributed by atoms with Gasteiger partial charge in [0.05, 0.1) is 7.11 Å². The number of hydrogen-bond donors (Lipinski definition) is 1. The smallest absolute Gasteiger partial charge is 0.313 e. The van der Waals surface area contributed by atoms with Crippen molar-refractivity contribution < 1.29 is 13.9 Å². The Morgan fingerprint density at radius 1 is 1.09 bits per heavy atom. The van der Waals surface area contributed by atoms with E-state index in [1.165, 1.54) is 0 Å². The van der Waals surface area contributed by atoms with Gasteiger partial charge in [0.15, 0.2) is 0 Å². The van der Waals surface area contributed by atoms with Crippen molar-refractivity contribution in [3.05, 3.63) is 60.5 Å². The van der Waals surface area contributed by atoms with Gasteiger partial charge in [-0.3, -0.25) is 4.79 Å². The third-order valence-electron chi connectivity index (χ3n) is 2.97. The Morgan fingerprint density at radius 3 is 2.68 bits per heavy atom. The van der Waals surface area contributed by atoms with Crippen LogP contribution in [0.4, 0.5) is 5.69 Å². The van der Waals surface area contributed by atoms with E-state index in [0.29, 0.717) is 17.0 Å². The van der Waals surface area contributed by atoms with Gasteiger partial charge in [-0.25, -0.2) is 0 Å². The molecule has 22 heavy (non-hydrogen) atoms. The third kappa shape index (κ3) is 2.95. The van der Waals surface area contributed by atoms with Crippen LogP contribution >= 0.6 is 0 Å². The number of nitrogens with one attached hydrogen (secondary N) is 1. The van der Waals surface area contributed by atoms with E-state index in [2.05, 4.69) is 15.5 Å². The summed E-state index contributed by atoms with van der Waals surface area (Å²) in [5.41, 5.74) is 1.35. The second-order valence-electron chi connectivity index (χ2n) is 4.46. The fourth-order valence-electron chi connectivity index (χ4n) is 1.89. The van der Waals surface area contributed by atoms with Gasteiger partial charge in [0.2, 0.25) is 5.89 Å². The van der Waals surface area contributed by atoms with E-state index < -0.39 is 5.91 Å². The molecule has 0 aliphatic rings. The van der Waals surface area contributed by atoms with Crippen molar-refractivity contribution in [3.63, 3.8) is 0 Å². The van der Waals surface area contributed by atoms with Crippen molar-refractivity contribution in [1.29, 1.82) is 0 Å². The minimum Gasteiger partial charge on any atom is -0.497 e. The first-order valence-corrected chi connectivity index (χ1v) is 6.60. The van der Waals surface area contributed by atoms with Crippen LogP contribution in [0.2, 0.25) is 0 Å². The monoisotopic (exact) mass is 295 g/mol. The minimum absolute atomic E-state index is 0.0957. The maximum absolute atomic E-state index is 12.0. The van der Waals surface area contributed by atoms with Crippen LogP contribution in [-0.2, 0) is 0 Å².